The molecule has 0 radical (unpaired) electrons. The molecule has 0 saturated carbocycles. The normalized spacial score (nSPS) is 10.6. The quantitative estimate of drug-likeness (QED) is 0.521. The number of carbonyl (C=O) groups is 1. The van der Waals surface area contributed by atoms with Gasteiger partial charge in [-0.3, -0.25) is 4.79 Å². The molecule has 2 aromatic carbocycles. The summed E-state index contributed by atoms with van der Waals surface area (Å²) in [4.78, 5) is 12.2. The van der Waals surface area contributed by atoms with Crippen LogP contribution in [0.4, 0.5) is 5.69 Å². The van der Waals surface area contributed by atoms with Crippen molar-refractivity contribution in [2.45, 2.75) is 26.7 Å². The number of rotatable bonds is 9. The highest BCUT2D eigenvalue weighted by atomic mass is 16.5. The first kappa shape index (κ1) is 18.6. The molecule has 1 amide bonds. The Balaban J connectivity index is 2.03. The van der Waals surface area contributed by atoms with Crippen LogP contribution in [-0.2, 0) is 4.79 Å². The van der Waals surface area contributed by atoms with Gasteiger partial charge in [0, 0.05) is 11.6 Å². The van der Waals surface area contributed by atoms with E-state index in [1.165, 1.54) is 6.08 Å². The zero-order valence-corrected chi connectivity index (χ0v) is 14.8. The summed E-state index contributed by atoms with van der Waals surface area (Å²) in [5.41, 5.74) is 1.54. The van der Waals surface area contributed by atoms with Crippen LogP contribution in [0.5, 0.6) is 11.5 Å². The van der Waals surface area contributed by atoms with Crippen LogP contribution in [0, 0.1) is 0 Å². The molecule has 0 aliphatic carbocycles. The van der Waals surface area contributed by atoms with E-state index in [-0.39, 0.29) is 5.91 Å². The minimum atomic E-state index is -0.212. The Kier molecular flexibility index (Phi) is 7.57. The van der Waals surface area contributed by atoms with Gasteiger partial charge in [-0.25, -0.2) is 0 Å². The summed E-state index contributed by atoms with van der Waals surface area (Å²) < 4.78 is 11.3. The lowest BCUT2D eigenvalue weighted by molar-refractivity contribution is -0.111. The number of anilines is 1. The number of amides is 1. The molecule has 2 rings (SSSR count). The summed E-state index contributed by atoms with van der Waals surface area (Å²) in [7, 11) is 0. The summed E-state index contributed by atoms with van der Waals surface area (Å²) in [5, 5.41) is 2.85. The molecule has 0 saturated heterocycles. The van der Waals surface area contributed by atoms with Gasteiger partial charge in [-0.15, -0.1) is 0 Å². The number of ether oxygens (including phenoxy) is 2. The molecule has 2 aromatic rings. The van der Waals surface area contributed by atoms with Gasteiger partial charge in [0.05, 0.1) is 18.9 Å². The van der Waals surface area contributed by atoms with Gasteiger partial charge in [-0.05, 0) is 37.6 Å². The Morgan fingerprint density at radius 1 is 1.00 bits per heavy atom. The van der Waals surface area contributed by atoms with Crippen LogP contribution in [0.1, 0.15) is 32.3 Å². The molecule has 0 bridgehead atoms. The molecular weight excluding hydrogens is 314 g/mol. The lowest BCUT2D eigenvalue weighted by Gasteiger charge is -2.10. The van der Waals surface area contributed by atoms with Crippen molar-refractivity contribution in [3.8, 4) is 11.5 Å². The predicted molar refractivity (Wildman–Crippen MR) is 102 cm³/mol. The van der Waals surface area contributed by atoms with E-state index in [0.29, 0.717) is 24.7 Å². The fourth-order valence-electron chi connectivity index (χ4n) is 2.27. The van der Waals surface area contributed by atoms with Gasteiger partial charge in [0.1, 0.15) is 11.5 Å². The van der Waals surface area contributed by atoms with Crippen molar-refractivity contribution in [1.29, 1.82) is 0 Å². The Hall–Kier alpha value is -2.75. The van der Waals surface area contributed by atoms with E-state index in [4.69, 9.17) is 9.47 Å². The first-order chi connectivity index (χ1) is 12.2. The molecule has 0 atom stereocenters. The van der Waals surface area contributed by atoms with Crippen molar-refractivity contribution in [2.24, 2.45) is 0 Å². The van der Waals surface area contributed by atoms with Crippen molar-refractivity contribution < 1.29 is 14.3 Å². The average Bonchev–Trinajstić information content (AvgIpc) is 2.63. The van der Waals surface area contributed by atoms with E-state index in [0.717, 1.165) is 24.2 Å². The van der Waals surface area contributed by atoms with Crippen molar-refractivity contribution >= 4 is 17.7 Å². The van der Waals surface area contributed by atoms with Crippen molar-refractivity contribution in [3.05, 3.63) is 60.2 Å². The maximum Gasteiger partial charge on any atom is 0.248 e. The predicted octanol–water partition coefficient (Wildman–Crippen LogP) is 4.92. The van der Waals surface area contributed by atoms with E-state index < -0.39 is 0 Å². The summed E-state index contributed by atoms with van der Waals surface area (Å²) in [6.07, 6.45) is 5.36. The van der Waals surface area contributed by atoms with Crippen molar-refractivity contribution in [1.82, 2.24) is 0 Å². The van der Waals surface area contributed by atoms with Gasteiger partial charge >= 0.3 is 0 Å². The minimum absolute atomic E-state index is 0.212. The van der Waals surface area contributed by atoms with E-state index in [1.807, 2.05) is 55.5 Å². The number of nitrogens with one attached hydrogen (secondary N) is 1. The van der Waals surface area contributed by atoms with Crippen molar-refractivity contribution in [2.75, 3.05) is 18.5 Å². The highest BCUT2D eigenvalue weighted by molar-refractivity contribution is 6.02. The molecule has 4 heteroatoms. The highest BCUT2D eigenvalue weighted by Crippen LogP contribution is 2.24. The monoisotopic (exact) mass is 339 g/mol. The average molecular weight is 339 g/mol. The van der Waals surface area contributed by atoms with Crippen molar-refractivity contribution in [3.63, 3.8) is 0 Å². The standard InChI is InChI=1S/C21H25NO3/c1-3-5-16-25-19-12-8-6-10-17(19)14-15-21(23)22-18-11-7-9-13-20(18)24-4-2/h6-15H,3-5,16H2,1-2H3,(H,22,23). The molecule has 0 spiro atoms. The minimum Gasteiger partial charge on any atom is -0.493 e. The molecule has 0 aliphatic heterocycles. The second-order valence-electron chi connectivity index (χ2n) is 5.49. The maximum absolute atomic E-state index is 12.2. The fourth-order valence-corrected chi connectivity index (χ4v) is 2.27. The van der Waals surface area contributed by atoms with Crippen LogP contribution in [0.3, 0.4) is 0 Å². The number of unbranched alkanes of at least 4 members (excludes halogenated alkanes) is 1. The summed E-state index contributed by atoms with van der Waals surface area (Å²) in [6, 6.07) is 15.1. The van der Waals surface area contributed by atoms with E-state index >= 15 is 0 Å². The molecule has 132 valence electrons. The number of carbonyl (C=O) groups excluding carboxylic acids is 1. The van der Waals surface area contributed by atoms with Crippen LogP contribution >= 0.6 is 0 Å². The summed E-state index contributed by atoms with van der Waals surface area (Å²) >= 11 is 0. The Morgan fingerprint density at radius 3 is 2.48 bits per heavy atom. The lowest BCUT2D eigenvalue weighted by atomic mass is 10.2. The molecule has 4 nitrogen and oxygen atoms in total. The zero-order chi connectivity index (χ0) is 17.9. The number of hydrogen-bond donors (Lipinski definition) is 1. The van der Waals surface area contributed by atoms with Crippen LogP contribution < -0.4 is 14.8 Å². The SMILES string of the molecule is CCCCOc1ccccc1C=CC(=O)Nc1ccccc1OCC. The first-order valence-electron chi connectivity index (χ1n) is 8.67. The topological polar surface area (TPSA) is 47.6 Å². The zero-order valence-electron chi connectivity index (χ0n) is 14.8. The van der Waals surface area contributed by atoms with Gasteiger partial charge in [-0.2, -0.15) is 0 Å². The number of benzene rings is 2. The molecule has 25 heavy (non-hydrogen) atoms. The third-order valence-corrected chi connectivity index (χ3v) is 3.53. The Bertz CT molecular complexity index is 710. The van der Waals surface area contributed by atoms with Crippen LogP contribution in [0.2, 0.25) is 0 Å². The van der Waals surface area contributed by atoms with Gasteiger partial charge in [0.2, 0.25) is 5.91 Å². The third-order valence-electron chi connectivity index (χ3n) is 3.53. The molecule has 0 unspecified atom stereocenters. The van der Waals surface area contributed by atoms with Gasteiger partial charge in [0.15, 0.2) is 0 Å². The molecule has 0 fully saturated rings. The van der Waals surface area contributed by atoms with Crippen LogP contribution in [-0.4, -0.2) is 19.1 Å². The Labute approximate surface area is 149 Å². The molecular formula is C21H25NO3. The molecule has 0 heterocycles. The lowest BCUT2D eigenvalue weighted by Crippen LogP contribution is -2.09. The molecule has 1 N–H and O–H groups in total. The largest absolute Gasteiger partial charge is 0.493 e. The fraction of sp³-hybridized carbons (Fsp3) is 0.286. The van der Waals surface area contributed by atoms with E-state index in [1.54, 1.807) is 6.08 Å². The van der Waals surface area contributed by atoms with Crippen LogP contribution in [0.25, 0.3) is 6.08 Å². The highest BCUT2D eigenvalue weighted by Gasteiger charge is 2.05. The van der Waals surface area contributed by atoms with Gasteiger partial charge in [-0.1, -0.05) is 43.7 Å². The smallest absolute Gasteiger partial charge is 0.248 e. The first-order valence-corrected chi connectivity index (χ1v) is 8.67. The van der Waals surface area contributed by atoms with Gasteiger partial charge in [0.25, 0.3) is 0 Å². The van der Waals surface area contributed by atoms with E-state index in [2.05, 4.69) is 12.2 Å². The van der Waals surface area contributed by atoms with Crippen LogP contribution in [0.15, 0.2) is 54.6 Å². The third kappa shape index (κ3) is 5.99. The molecule has 0 aromatic heterocycles. The summed E-state index contributed by atoms with van der Waals surface area (Å²) in [5.74, 6) is 1.24. The van der Waals surface area contributed by atoms with E-state index in [9.17, 15) is 4.79 Å². The molecule has 0 aliphatic rings. The maximum atomic E-state index is 12.2. The van der Waals surface area contributed by atoms with Gasteiger partial charge < -0.3 is 14.8 Å². The Morgan fingerprint density at radius 2 is 1.72 bits per heavy atom. The number of para-hydroxylation sites is 3. The summed E-state index contributed by atoms with van der Waals surface area (Å²) in [6.45, 7) is 5.26. The number of hydrogen-bond acceptors (Lipinski definition) is 3. The second-order valence-corrected chi connectivity index (χ2v) is 5.49. The second kappa shape index (κ2) is 10.2.